The van der Waals surface area contributed by atoms with Crippen molar-refractivity contribution in [3.63, 3.8) is 0 Å². The fraction of sp³-hybridized carbons (Fsp3) is 0.850. The van der Waals surface area contributed by atoms with Gasteiger partial charge in [-0.15, -0.1) is 11.5 Å². The van der Waals surface area contributed by atoms with Crippen LogP contribution in [0.5, 0.6) is 0 Å². The maximum atomic E-state index is 10.4. The Kier molecular flexibility index (Phi) is 11.3. The number of carboxylic acid groups (broad SMARTS) is 1. The van der Waals surface area contributed by atoms with E-state index in [0.29, 0.717) is 11.5 Å². The van der Waals surface area contributed by atoms with Crippen LogP contribution in [0.1, 0.15) is 91.4 Å². The van der Waals surface area contributed by atoms with E-state index in [-0.39, 0.29) is 0 Å². The van der Waals surface area contributed by atoms with Crippen LogP contribution in [0, 0.1) is 11.5 Å². The van der Waals surface area contributed by atoms with Gasteiger partial charge in [0.05, 0.1) is 0 Å². The van der Waals surface area contributed by atoms with Gasteiger partial charge in [0.15, 0.2) is 0 Å². The van der Waals surface area contributed by atoms with Gasteiger partial charge in [-0.3, -0.25) is 4.79 Å². The summed E-state index contributed by atoms with van der Waals surface area (Å²) >= 11 is 0. The lowest BCUT2D eigenvalue weighted by Crippen LogP contribution is -2.35. The summed E-state index contributed by atoms with van der Waals surface area (Å²) in [6, 6.07) is 0. The van der Waals surface area contributed by atoms with Gasteiger partial charge in [0.25, 0.3) is 0 Å². The molecule has 0 aliphatic carbocycles. The van der Waals surface area contributed by atoms with Crippen molar-refractivity contribution in [1.29, 1.82) is 0 Å². The molecule has 2 nitrogen and oxygen atoms in total. The van der Waals surface area contributed by atoms with Crippen LogP contribution in [-0.4, -0.2) is 19.1 Å². The summed E-state index contributed by atoms with van der Waals surface area (Å²) in [5.74, 6) is 2.77. The zero-order valence-electron chi connectivity index (χ0n) is 16.1. The van der Waals surface area contributed by atoms with Crippen molar-refractivity contribution < 1.29 is 9.90 Å². The third kappa shape index (κ3) is 12.3. The lowest BCUT2D eigenvalue weighted by Gasteiger charge is -2.31. The monoisotopic (exact) mass is 338 g/mol. The minimum atomic E-state index is -1.41. The molecule has 134 valence electrons. The molecular weight excluding hydrogens is 300 g/mol. The van der Waals surface area contributed by atoms with Gasteiger partial charge in [0, 0.05) is 12.8 Å². The number of hydrogen-bond acceptors (Lipinski definition) is 1. The molecule has 0 heterocycles. The van der Waals surface area contributed by atoms with Gasteiger partial charge in [-0.05, 0) is 17.9 Å². The third-order valence-electron chi connectivity index (χ3n) is 4.97. The van der Waals surface area contributed by atoms with E-state index in [9.17, 15) is 4.79 Å². The molecule has 0 saturated carbocycles. The van der Waals surface area contributed by atoms with Gasteiger partial charge < -0.3 is 5.11 Å². The maximum Gasteiger partial charge on any atom is 0.303 e. The Balaban J connectivity index is 3.46. The highest BCUT2D eigenvalue weighted by Crippen LogP contribution is 2.35. The zero-order chi connectivity index (χ0) is 17.8. The minimum Gasteiger partial charge on any atom is -0.481 e. The van der Waals surface area contributed by atoms with Crippen LogP contribution in [-0.2, 0) is 4.79 Å². The average Bonchev–Trinajstić information content (AvgIpc) is 2.42. The first-order valence-electron chi connectivity index (χ1n) is 9.38. The average molecular weight is 339 g/mol. The number of aliphatic carboxylic acids is 1. The summed E-state index contributed by atoms with van der Waals surface area (Å²) in [5.41, 5.74) is 3.58. The molecule has 0 spiro atoms. The van der Waals surface area contributed by atoms with E-state index in [1.54, 1.807) is 0 Å². The molecule has 0 saturated heterocycles. The molecule has 0 amide bonds. The van der Waals surface area contributed by atoms with E-state index >= 15 is 0 Å². The van der Waals surface area contributed by atoms with Gasteiger partial charge in [-0.1, -0.05) is 78.8 Å². The Bertz CT molecular complexity index is 383. The summed E-state index contributed by atoms with van der Waals surface area (Å²) in [5, 5.41) is 8.92. The summed E-state index contributed by atoms with van der Waals surface area (Å²) in [6.45, 7) is 11.7. The fourth-order valence-corrected chi connectivity index (χ4v) is 3.14. The molecule has 1 N–H and O–H groups in total. The fourth-order valence-electron chi connectivity index (χ4n) is 2.20. The number of hydrogen-bond donors (Lipinski definition) is 1. The molecule has 0 fully saturated rings. The molecule has 23 heavy (non-hydrogen) atoms. The number of rotatable bonds is 11. The zero-order valence-corrected chi connectivity index (χ0v) is 17.1. The highest BCUT2D eigenvalue weighted by molar-refractivity contribution is 6.87. The molecule has 0 aliphatic rings. The highest BCUT2D eigenvalue weighted by atomic mass is 28.3. The molecule has 0 aliphatic heterocycles. The van der Waals surface area contributed by atoms with Crippen LogP contribution in [0.4, 0.5) is 0 Å². The predicted molar refractivity (Wildman–Crippen MR) is 103 cm³/mol. The second kappa shape index (κ2) is 11.7. The Hall–Kier alpha value is -0.753. The van der Waals surface area contributed by atoms with Gasteiger partial charge in [-0.25, -0.2) is 0 Å². The van der Waals surface area contributed by atoms with Crippen LogP contribution in [0.2, 0.25) is 18.1 Å². The Morgan fingerprint density at radius 3 is 1.74 bits per heavy atom. The van der Waals surface area contributed by atoms with E-state index in [1.807, 2.05) is 0 Å². The van der Waals surface area contributed by atoms with E-state index in [0.717, 1.165) is 19.3 Å². The molecule has 0 rings (SSSR count). The number of carbonyl (C=O) groups is 1. The molecule has 0 aromatic rings. The lowest BCUT2D eigenvalue weighted by atomic mass is 10.1. The summed E-state index contributed by atoms with van der Waals surface area (Å²) in [6.07, 6.45) is 12.2. The normalized spacial score (nSPS) is 11.9. The molecule has 0 bridgehead atoms. The van der Waals surface area contributed by atoms with E-state index < -0.39 is 14.0 Å². The minimum absolute atomic E-state index is 0.329. The first kappa shape index (κ1) is 22.2. The Morgan fingerprint density at radius 1 is 0.870 bits per heavy atom. The van der Waals surface area contributed by atoms with Crippen LogP contribution in [0.3, 0.4) is 0 Å². The molecule has 0 unspecified atom stereocenters. The summed E-state index contributed by atoms with van der Waals surface area (Å²) in [7, 11) is -1.41. The third-order valence-corrected chi connectivity index (χ3v) is 9.52. The van der Waals surface area contributed by atoms with Crippen molar-refractivity contribution in [3.8, 4) is 11.5 Å². The predicted octanol–water partition coefficient (Wildman–Crippen LogP) is 6.41. The molecular formula is C20H38O2Si. The van der Waals surface area contributed by atoms with Gasteiger partial charge in [0.2, 0.25) is 0 Å². The van der Waals surface area contributed by atoms with Gasteiger partial charge >= 0.3 is 5.97 Å². The maximum absolute atomic E-state index is 10.4. The van der Waals surface area contributed by atoms with Gasteiger partial charge in [-0.2, -0.15) is 0 Å². The first-order chi connectivity index (χ1) is 10.7. The van der Waals surface area contributed by atoms with Crippen molar-refractivity contribution >= 4 is 14.0 Å². The largest absolute Gasteiger partial charge is 0.481 e. The molecule has 0 aromatic heterocycles. The Labute approximate surface area is 145 Å². The quantitative estimate of drug-likeness (QED) is 0.268. The van der Waals surface area contributed by atoms with Crippen molar-refractivity contribution in [1.82, 2.24) is 0 Å². The summed E-state index contributed by atoms with van der Waals surface area (Å²) in [4.78, 5) is 10.4. The second-order valence-corrected chi connectivity index (χ2v) is 13.3. The van der Waals surface area contributed by atoms with Crippen LogP contribution in [0.15, 0.2) is 0 Å². The van der Waals surface area contributed by atoms with E-state index in [2.05, 4.69) is 45.3 Å². The van der Waals surface area contributed by atoms with E-state index in [4.69, 9.17) is 5.11 Å². The topological polar surface area (TPSA) is 37.3 Å². The second-order valence-electron chi connectivity index (χ2n) is 8.25. The van der Waals surface area contributed by atoms with Crippen molar-refractivity contribution in [2.45, 2.75) is 110 Å². The summed E-state index contributed by atoms with van der Waals surface area (Å²) < 4.78 is 0. The lowest BCUT2D eigenvalue weighted by molar-refractivity contribution is -0.137. The molecule has 0 atom stereocenters. The SMILES string of the molecule is CC(C)(C)[Si](C)(C)C#CCCCCCCCCCCCC(=O)O. The molecule has 0 aromatic carbocycles. The van der Waals surface area contributed by atoms with Crippen LogP contribution in [0.25, 0.3) is 0 Å². The molecule has 3 heteroatoms. The standard InChI is InChI=1S/C20H38O2Si/c1-20(2,3)23(4,5)18-16-14-12-10-8-6-7-9-11-13-15-17-19(21)22/h6-15,17H2,1-5H3,(H,21,22). The van der Waals surface area contributed by atoms with Crippen LogP contribution >= 0.6 is 0 Å². The Morgan fingerprint density at radius 2 is 1.30 bits per heavy atom. The first-order valence-corrected chi connectivity index (χ1v) is 12.4. The van der Waals surface area contributed by atoms with Crippen molar-refractivity contribution in [2.24, 2.45) is 0 Å². The van der Waals surface area contributed by atoms with Crippen molar-refractivity contribution in [2.75, 3.05) is 0 Å². The van der Waals surface area contributed by atoms with Crippen LogP contribution < -0.4 is 0 Å². The van der Waals surface area contributed by atoms with E-state index in [1.165, 1.54) is 44.9 Å². The number of carboxylic acids is 1. The smallest absolute Gasteiger partial charge is 0.303 e. The van der Waals surface area contributed by atoms with Crippen molar-refractivity contribution in [3.05, 3.63) is 0 Å². The highest BCUT2D eigenvalue weighted by Gasteiger charge is 2.33. The molecule has 0 radical (unpaired) electrons. The van der Waals surface area contributed by atoms with Gasteiger partial charge in [0.1, 0.15) is 8.07 Å². The number of unbranched alkanes of at least 4 members (excludes halogenated alkanes) is 9.